The lowest BCUT2D eigenvalue weighted by atomic mass is 10.2. The number of hydrogen-bond acceptors (Lipinski definition) is 3. The van der Waals surface area contributed by atoms with Crippen LogP contribution in [0.4, 0.5) is 0 Å². The first kappa shape index (κ1) is 11.7. The minimum absolute atomic E-state index is 0.398. The monoisotopic (exact) mass is 249 g/mol. The lowest BCUT2D eigenvalue weighted by molar-refractivity contribution is 0.295. The molecule has 1 aromatic carbocycles. The SMILES string of the molecule is COc1ccc(Cl)cc1COc1cccnc1. The van der Waals surface area contributed by atoms with E-state index in [0.717, 1.165) is 17.1 Å². The van der Waals surface area contributed by atoms with E-state index in [-0.39, 0.29) is 0 Å². The van der Waals surface area contributed by atoms with E-state index >= 15 is 0 Å². The van der Waals surface area contributed by atoms with Gasteiger partial charge in [0.2, 0.25) is 0 Å². The zero-order valence-electron chi connectivity index (χ0n) is 9.39. The van der Waals surface area contributed by atoms with Crippen LogP contribution in [0.25, 0.3) is 0 Å². The van der Waals surface area contributed by atoms with Gasteiger partial charge in [-0.1, -0.05) is 11.6 Å². The maximum atomic E-state index is 5.93. The van der Waals surface area contributed by atoms with Crippen LogP contribution in [0.2, 0.25) is 5.02 Å². The van der Waals surface area contributed by atoms with E-state index in [0.29, 0.717) is 11.6 Å². The van der Waals surface area contributed by atoms with Gasteiger partial charge in [-0.05, 0) is 30.3 Å². The van der Waals surface area contributed by atoms with Crippen molar-refractivity contribution in [3.05, 3.63) is 53.3 Å². The normalized spacial score (nSPS) is 10.0. The standard InChI is InChI=1S/C13H12ClNO2/c1-16-13-5-4-11(14)7-10(13)9-17-12-3-2-6-15-8-12/h2-8H,9H2,1H3. The Bertz CT molecular complexity index is 488. The average molecular weight is 250 g/mol. The number of benzene rings is 1. The molecule has 0 N–H and O–H groups in total. The van der Waals surface area contributed by atoms with Gasteiger partial charge in [-0.2, -0.15) is 0 Å². The van der Waals surface area contributed by atoms with Crippen molar-refractivity contribution in [1.82, 2.24) is 4.98 Å². The van der Waals surface area contributed by atoms with Crippen LogP contribution in [0.5, 0.6) is 11.5 Å². The van der Waals surface area contributed by atoms with Crippen LogP contribution in [-0.2, 0) is 6.61 Å². The van der Waals surface area contributed by atoms with Crippen LogP contribution in [0, 0.1) is 0 Å². The molecule has 0 aliphatic heterocycles. The average Bonchev–Trinajstić information content (AvgIpc) is 2.38. The van der Waals surface area contributed by atoms with E-state index in [9.17, 15) is 0 Å². The molecule has 0 saturated carbocycles. The third-order valence-electron chi connectivity index (χ3n) is 2.27. The Morgan fingerprint density at radius 3 is 2.88 bits per heavy atom. The minimum atomic E-state index is 0.398. The van der Waals surface area contributed by atoms with Gasteiger partial charge in [0.05, 0.1) is 13.3 Å². The second-order valence-electron chi connectivity index (χ2n) is 3.43. The molecule has 2 aromatic rings. The number of hydrogen-bond donors (Lipinski definition) is 0. The summed E-state index contributed by atoms with van der Waals surface area (Å²) in [6.07, 6.45) is 3.36. The molecule has 0 saturated heterocycles. The van der Waals surface area contributed by atoms with E-state index in [1.807, 2.05) is 24.3 Å². The Morgan fingerprint density at radius 1 is 1.29 bits per heavy atom. The molecule has 0 bridgehead atoms. The van der Waals surface area contributed by atoms with E-state index < -0.39 is 0 Å². The van der Waals surface area contributed by atoms with Gasteiger partial charge in [0.25, 0.3) is 0 Å². The number of aromatic nitrogens is 1. The van der Waals surface area contributed by atoms with Gasteiger partial charge in [0.15, 0.2) is 0 Å². The Labute approximate surface area is 105 Å². The number of methoxy groups -OCH3 is 1. The summed E-state index contributed by atoms with van der Waals surface area (Å²) in [5.74, 6) is 1.48. The molecule has 0 aliphatic carbocycles. The Hall–Kier alpha value is -1.74. The summed E-state index contributed by atoms with van der Waals surface area (Å²) < 4.78 is 10.8. The van der Waals surface area contributed by atoms with Gasteiger partial charge in [0, 0.05) is 16.8 Å². The van der Waals surface area contributed by atoms with E-state index in [4.69, 9.17) is 21.1 Å². The highest BCUT2D eigenvalue weighted by Crippen LogP contribution is 2.23. The molecule has 0 aliphatic rings. The van der Waals surface area contributed by atoms with Crippen LogP contribution in [0.3, 0.4) is 0 Å². The lowest BCUT2D eigenvalue weighted by Gasteiger charge is -2.10. The zero-order chi connectivity index (χ0) is 12.1. The summed E-state index contributed by atoms with van der Waals surface area (Å²) >= 11 is 5.93. The van der Waals surface area contributed by atoms with E-state index in [2.05, 4.69) is 4.98 Å². The number of nitrogens with zero attached hydrogens (tertiary/aromatic N) is 1. The Kier molecular flexibility index (Phi) is 3.83. The summed E-state index contributed by atoms with van der Waals surface area (Å²) in [4.78, 5) is 3.97. The Balaban J connectivity index is 2.11. The number of pyridine rings is 1. The molecule has 1 aromatic heterocycles. The van der Waals surface area contributed by atoms with Gasteiger partial charge < -0.3 is 9.47 Å². The van der Waals surface area contributed by atoms with Gasteiger partial charge in [0.1, 0.15) is 18.1 Å². The summed E-state index contributed by atoms with van der Waals surface area (Å²) in [5.41, 5.74) is 0.906. The maximum Gasteiger partial charge on any atom is 0.138 e. The molecule has 0 unspecified atom stereocenters. The van der Waals surface area contributed by atoms with Gasteiger partial charge in [-0.3, -0.25) is 4.98 Å². The summed E-state index contributed by atoms with van der Waals surface area (Å²) in [6, 6.07) is 9.11. The molecule has 0 radical (unpaired) electrons. The molecule has 88 valence electrons. The first-order chi connectivity index (χ1) is 8.29. The number of ether oxygens (including phenoxy) is 2. The van der Waals surface area contributed by atoms with Crippen molar-refractivity contribution >= 4 is 11.6 Å². The van der Waals surface area contributed by atoms with Crippen molar-refractivity contribution < 1.29 is 9.47 Å². The summed E-state index contributed by atoms with van der Waals surface area (Å²) in [6.45, 7) is 0.398. The van der Waals surface area contributed by atoms with Crippen LogP contribution >= 0.6 is 11.6 Å². The molecule has 2 rings (SSSR count). The molecule has 0 spiro atoms. The molecular weight excluding hydrogens is 238 g/mol. The van der Waals surface area contributed by atoms with E-state index in [1.165, 1.54) is 0 Å². The fourth-order valence-electron chi connectivity index (χ4n) is 1.45. The quantitative estimate of drug-likeness (QED) is 0.833. The number of rotatable bonds is 4. The fourth-order valence-corrected chi connectivity index (χ4v) is 1.65. The highest BCUT2D eigenvalue weighted by Gasteiger charge is 2.04. The molecule has 17 heavy (non-hydrogen) atoms. The van der Waals surface area contributed by atoms with E-state index in [1.54, 1.807) is 25.6 Å². The van der Waals surface area contributed by atoms with Gasteiger partial charge in [-0.15, -0.1) is 0 Å². The van der Waals surface area contributed by atoms with Crippen molar-refractivity contribution in [1.29, 1.82) is 0 Å². The predicted molar refractivity (Wildman–Crippen MR) is 66.6 cm³/mol. The molecule has 4 heteroatoms. The predicted octanol–water partition coefficient (Wildman–Crippen LogP) is 3.32. The topological polar surface area (TPSA) is 31.4 Å². The largest absolute Gasteiger partial charge is 0.496 e. The maximum absolute atomic E-state index is 5.93. The first-order valence-electron chi connectivity index (χ1n) is 5.15. The first-order valence-corrected chi connectivity index (χ1v) is 5.52. The number of halogens is 1. The Morgan fingerprint density at radius 2 is 2.18 bits per heavy atom. The molecule has 0 atom stereocenters. The second kappa shape index (κ2) is 5.55. The smallest absolute Gasteiger partial charge is 0.138 e. The molecule has 0 amide bonds. The van der Waals surface area contributed by atoms with Crippen molar-refractivity contribution in [2.45, 2.75) is 6.61 Å². The molecule has 3 nitrogen and oxygen atoms in total. The van der Waals surface area contributed by atoms with Gasteiger partial charge in [-0.25, -0.2) is 0 Å². The summed E-state index contributed by atoms with van der Waals surface area (Å²) in [7, 11) is 1.62. The highest BCUT2D eigenvalue weighted by molar-refractivity contribution is 6.30. The van der Waals surface area contributed by atoms with Crippen LogP contribution in [0.15, 0.2) is 42.7 Å². The fraction of sp³-hybridized carbons (Fsp3) is 0.154. The third-order valence-corrected chi connectivity index (χ3v) is 2.51. The molecular formula is C13H12ClNO2. The second-order valence-corrected chi connectivity index (χ2v) is 3.87. The molecule has 1 heterocycles. The van der Waals surface area contributed by atoms with Crippen molar-refractivity contribution in [2.24, 2.45) is 0 Å². The van der Waals surface area contributed by atoms with Crippen molar-refractivity contribution in [2.75, 3.05) is 7.11 Å². The molecule has 0 fully saturated rings. The highest BCUT2D eigenvalue weighted by atomic mass is 35.5. The van der Waals surface area contributed by atoms with Crippen LogP contribution < -0.4 is 9.47 Å². The summed E-state index contributed by atoms with van der Waals surface area (Å²) in [5, 5.41) is 0.663. The lowest BCUT2D eigenvalue weighted by Crippen LogP contribution is -1.98. The van der Waals surface area contributed by atoms with Crippen LogP contribution in [-0.4, -0.2) is 12.1 Å². The minimum Gasteiger partial charge on any atom is -0.496 e. The zero-order valence-corrected chi connectivity index (χ0v) is 10.1. The van der Waals surface area contributed by atoms with Crippen molar-refractivity contribution in [3.8, 4) is 11.5 Å². The third kappa shape index (κ3) is 3.11. The van der Waals surface area contributed by atoms with Crippen molar-refractivity contribution in [3.63, 3.8) is 0 Å². The van der Waals surface area contributed by atoms with Crippen LogP contribution in [0.1, 0.15) is 5.56 Å². The van der Waals surface area contributed by atoms with Gasteiger partial charge >= 0.3 is 0 Å².